The maximum Gasteiger partial charge on any atom is 0.226 e. The molecule has 0 spiro atoms. The molecule has 1 aliphatic heterocycles. The molecule has 0 atom stereocenters. The third-order valence-corrected chi connectivity index (χ3v) is 4.15. The lowest BCUT2D eigenvalue weighted by Crippen LogP contribution is -2.51. The Bertz CT molecular complexity index is 189. The largest absolute Gasteiger partial charge is 0.335 e. The zero-order valence-corrected chi connectivity index (χ0v) is 10.4. The molecular formula is C11H22N2OS. The standard InChI is InChI=1S/C11H22N2OS/c1-2-15-11(12-8-9-13-11)14-10-6-4-3-5-7-10/h10,12-13H,2-9H2,1H3. The summed E-state index contributed by atoms with van der Waals surface area (Å²) in [5.74, 6) is 1.08. The number of nitrogens with one attached hydrogen (secondary N) is 2. The summed E-state index contributed by atoms with van der Waals surface area (Å²) in [6.45, 7) is 4.21. The molecule has 2 fully saturated rings. The molecule has 3 nitrogen and oxygen atoms in total. The van der Waals surface area contributed by atoms with Gasteiger partial charge in [-0.05, 0) is 18.6 Å². The van der Waals surface area contributed by atoms with E-state index in [0.717, 1.165) is 18.8 Å². The van der Waals surface area contributed by atoms with E-state index in [4.69, 9.17) is 4.74 Å². The minimum absolute atomic E-state index is 0.281. The lowest BCUT2D eigenvalue weighted by Gasteiger charge is -2.34. The van der Waals surface area contributed by atoms with Gasteiger partial charge in [0.05, 0.1) is 6.10 Å². The minimum Gasteiger partial charge on any atom is -0.335 e. The van der Waals surface area contributed by atoms with Crippen molar-refractivity contribution in [1.82, 2.24) is 10.6 Å². The molecule has 15 heavy (non-hydrogen) atoms. The van der Waals surface area contributed by atoms with Crippen LogP contribution in [0.5, 0.6) is 0 Å². The number of thioether (sulfide) groups is 1. The fourth-order valence-corrected chi connectivity index (χ4v) is 3.38. The second kappa shape index (κ2) is 5.53. The molecule has 2 aliphatic rings. The van der Waals surface area contributed by atoms with Crippen LogP contribution in [0.1, 0.15) is 39.0 Å². The van der Waals surface area contributed by atoms with Gasteiger partial charge in [-0.3, -0.25) is 10.6 Å². The van der Waals surface area contributed by atoms with Crippen molar-refractivity contribution in [3.63, 3.8) is 0 Å². The van der Waals surface area contributed by atoms with E-state index < -0.39 is 0 Å². The Kier molecular flexibility index (Phi) is 4.31. The highest BCUT2D eigenvalue weighted by molar-refractivity contribution is 8.00. The summed E-state index contributed by atoms with van der Waals surface area (Å²) >= 11 is 1.84. The Hall–Kier alpha value is 0.230. The highest BCUT2D eigenvalue weighted by atomic mass is 32.2. The lowest BCUT2D eigenvalue weighted by atomic mass is 9.98. The van der Waals surface area contributed by atoms with Crippen LogP contribution >= 0.6 is 11.8 Å². The molecule has 0 aromatic carbocycles. The van der Waals surface area contributed by atoms with Gasteiger partial charge in [0.1, 0.15) is 0 Å². The number of hydrogen-bond donors (Lipinski definition) is 2. The van der Waals surface area contributed by atoms with Crippen LogP contribution < -0.4 is 10.6 Å². The molecule has 1 aliphatic carbocycles. The Balaban J connectivity index is 1.87. The van der Waals surface area contributed by atoms with Crippen molar-refractivity contribution in [3.05, 3.63) is 0 Å². The number of hydrogen-bond acceptors (Lipinski definition) is 4. The maximum absolute atomic E-state index is 6.22. The van der Waals surface area contributed by atoms with Crippen LogP contribution in [0.3, 0.4) is 0 Å². The quantitative estimate of drug-likeness (QED) is 0.723. The smallest absolute Gasteiger partial charge is 0.226 e. The summed E-state index contributed by atoms with van der Waals surface area (Å²) < 4.78 is 6.22. The SMILES string of the molecule is CCSC1(OC2CCCCC2)NCCN1. The van der Waals surface area contributed by atoms with E-state index in [-0.39, 0.29) is 5.18 Å². The van der Waals surface area contributed by atoms with E-state index in [9.17, 15) is 0 Å². The summed E-state index contributed by atoms with van der Waals surface area (Å²) in [5, 5.41) is 6.61. The molecule has 1 saturated heterocycles. The van der Waals surface area contributed by atoms with Gasteiger partial charge in [-0.15, -0.1) is 0 Å². The Labute approximate surface area is 96.7 Å². The first kappa shape index (κ1) is 11.7. The van der Waals surface area contributed by atoms with E-state index in [1.54, 1.807) is 0 Å². The molecule has 1 saturated carbocycles. The Morgan fingerprint density at radius 2 is 1.87 bits per heavy atom. The second-order valence-electron chi connectivity index (χ2n) is 4.28. The van der Waals surface area contributed by atoms with Gasteiger partial charge in [-0.1, -0.05) is 37.9 Å². The predicted octanol–water partition coefficient (Wildman–Crippen LogP) is 1.89. The number of ether oxygens (including phenoxy) is 1. The minimum atomic E-state index is -0.281. The monoisotopic (exact) mass is 230 g/mol. The topological polar surface area (TPSA) is 33.3 Å². The Morgan fingerprint density at radius 1 is 1.20 bits per heavy atom. The van der Waals surface area contributed by atoms with E-state index in [0.29, 0.717) is 6.10 Å². The van der Waals surface area contributed by atoms with Gasteiger partial charge in [-0.25, -0.2) is 0 Å². The van der Waals surface area contributed by atoms with Crippen molar-refractivity contribution in [2.45, 2.75) is 50.3 Å². The van der Waals surface area contributed by atoms with Crippen LogP contribution in [0.15, 0.2) is 0 Å². The Morgan fingerprint density at radius 3 is 2.47 bits per heavy atom. The highest BCUT2D eigenvalue weighted by Crippen LogP contribution is 2.30. The van der Waals surface area contributed by atoms with Crippen molar-refractivity contribution >= 4 is 11.8 Å². The van der Waals surface area contributed by atoms with Crippen LogP contribution in [0.4, 0.5) is 0 Å². The van der Waals surface area contributed by atoms with E-state index in [2.05, 4.69) is 17.6 Å². The number of rotatable bonds is 4. The molecule has 0 amide bonds. The van der Waals surface area contributed by atoms with Crippen molar-refractivity contribution in [3.8, 4) is 0 Å². The van der Waals surface area contributed by atoms with Gasteiger partial charge in [0, 0.05) is 13.1 Å². The summed E-state index contributed by atoms with van der Waals surface area (Å²) in [6.07, 6.45) is 6.96. The molecule has 2 rings (SSSR count). The van der Waals surface area contributed by atoms with E-state index in [1.807, 2.05) is 11.8 Å². The molecule has 0 unspecified atom stereocenters. The molecule has 0 aromatic rings. The van der Waals surface area contributed by atoms with Crippen molar-refractivity contribution in [2.75, 3.05) is 18.8 Å². The zero-order valence-electron chi connectivity index (χ0n) is 9.55. The van der Waals surface area contributed by atoms with Crippen LogP contribution in [0.25, 0.3) is 0 Å². The molecule has 0 aromatic heterocycles. The van der Waals surface area contributed by atoms with Gasteiger partial charge in [0.2, 0.25) is 5.18 Å². The van der Waals surface area contributed by atoms with Gasteiger partial charge in [0.25, 0.3) is 0 Å². The zero-order chi connectivity index (χ0) is 10.6. The third-order valence-electron chi connectivity index (χ3n) is 3.07. The van der Waals surface area contributed by atoms with Crippen LogP contribution in [0.2, 0.25) is 0 Å². The summed E-state index contributed by atoms with van der Waals surface area (Å²) in [5.41, 5.74) is 0. The van der Waals surface area contributed by atoms with Gasteiger partial charge in [0.15, 0.2) is 0 Å². The lowest BCUT2D eigenvalue weighted by molar-refractivity contribution is -0.0700. The summed E-state index contributed by atoms with van der Waals surface area (Å²) in [6, 6.07) is 0. The molecule has 0 radical (unpaired) electrons. The highest BCUT2D eigenvalue weighted by Gasteiger charge is 2.36. The average Bonchev–Trinajstić information content (AvgIpc) is 2.69. The van der Waals surface area contributed by atoms with Crippen molar-refractivity contribution in [2.24, 2.45) is 0 Å². The van der Waals surface area contributed by atoms with Crippen LogP contribution in [-0.2, 0) is 4.74 Å². The average molecular weight is 230 g/mol. The first-order valence-corrected chi connectivity index (χ1v) is 7.15. The van der Waals surface area contributed by atoms with Crippen molar-refractivity contribution in [1.29, 1.82) is 0 Å². The van der Waals surface area contributed by atoms with Crippen LogP contribution in [0, 0.1) is 0 Å². The van der Waals surface area contributed by atoms with Crippen LogP contribution in [-0.4, -0.2) is 30.1 Å². The predicted molar refractivity (Wildman–Crippen MR) is 64.8 cm³/mol. The van der Waals surface area contributed by atoms with Gasteiger partial charge in [-0.2, -0.15) is 0 Å². The molecule has 0 bridgehead atoms. The van der Waals surface area contributed by atoms with E-state index in [1.165, 1.54) is 32.1 Å². The van der Waals surface area contributed by atoms with Gasteiger partial charge >= 0.3 is 0 Å². The fraction of sp³-hybridized carbons (Fsp3) is 1.00. The fourth-order valence-electron chi connectivity index (χ4n) is 2.36. The first-order chi connectivity index (χ1) is 7.35. The first-order valence-electron chi connectivity index (χ1n) is 6.16. The second-order valence-corrected chi connectivity index (χ2v) is 5.72. The molecule has 88 valence electrons. The maximum atomic E-state index is 6.22. The molecule has 1 heterocycles. The third kappa shape index (κ3) is 3.09. The molecule has 4 heteroatoms. The van der Waals surface area contributed by atoms with Gasteiger partial charge < -0.3 is 4.74 Å². The van der Waals surface area contributed by atoms with Crippen molar-refractivity contribution < 1.29 is 4.74 Å². The molecule has 2 N–H and O–H groups in total. The van der Waals surface area contributed by atoms with E-state index >= 15 is 0 Å². The normalized spacial score (nSPS) is 27.0. The summed E-state index contributed by atoms with van der Waals surface area (Å²) in [4.78, 5) is 0. The summed E-state index contributed by atoms with van der Waals surface area (Å²) in [7, 11) is 0. The molecular weight excluding hydrogens is 208 g/mol.